The number of aliphatic hydroxyl groups excluding tert-OH is 1. The van der Waals surface area contributed by atoms with E-state index in [2.05, 4.69) is 10.6 Å². The van der Waals surface area contributed by atoms with E-state index in [0.717, 1.165) is 31.2 Å². The lowest BCUT2D eigenvalue weighted by atomic mass is 10.1. The van der Waals surface area contributed by atoms with Gasteiger partial charge in [0.2, 0.25) is 18.6 Å². The van der Waals surface area contributed by atoms with Gasteiger partial charge >= 0.3 is 0 Å². The highest BCUT2D eigenvalue weighted by Crippen LogP contribution is 2.32. The first-order chi connectivity index (χ1) is 11.7. The van der Waals surface area contributed by atoms with E-state index in [1.54, 1.807) is 18.2 Å². The molecule has 2 amide bonds. The van der Waals surface area contributed by atoms with Crippen molar-refractivity contribution in [3.63, 3.8) is 0 Å². The number of rotatable bonds is 6. The Morgan fingerprint density at radius 2 is 1.96 bits per heavy atom. The zero-order valence-electron chi connectivity index (χ0n) is 13.4. The predicted molar refractivity (Wildman–Crippen MR) is 85.7 cm³/mol. The van der Waals surface area contributed by atoms with Crippen molar-refractivity contribution in [2.75, 3.05) is 13.4 Å². The van der Waals surface area contributed by atoms with Crippen LogP contribution >= 0.6 is 0 Å². The Hall–Kier alpha value is -2.28. The van der Waals surface area contributed by atoms with Crippen LogP contribution in [0.4, 0.5) is 0 Å². The van der Waals surface area contributed by atoms with Gasteiger partial charge in [0.15, 0.2) is 11.5 Å². The number of ether oxygens (including phenoxy) is 2. The molecule has 1 aliphatic heterocycles. The highest BCUT2D eigenvalue weighted by atomic mass is 16.7. The van der Waals surface area contributed by atoms with Crippen LogP contribution in [0, 0.1) is 0 Å². The minimum atomic E-state index is -0.924. The minimum absolute atomic E-state index is 0.101. The van der Waals surface area contributed by atoms with Gasteiger partial charge in [0.1, 0.15) is 6.04 Å². The highest BCUT2D eigenvalue weighted by Gasteiger charge is 2.24. The first-order valence-electron chi connectivity index (χ1n) is 8.25. The molecule has 3 N–H and O–H groups in total. The van der Waals surface area contributed by atoms with Crippen molar-refractivity contribution < 1.29 is 24.2 Å². The van der Waals surface area contributed by atoms with E-state index in [9.17, 15) is 14.7 Å². The maximum absolute atomic E-state index is 12.1. The van der Waals surface area contributed by atoms with Crippen molar-refractivity contribution >= 4 is 11.8 Å². The van der Waals surface area contributed by atoms with Crippen molar-refractivity contribution in [3.8, 4) is 11.5 Å². The zero-order chi connectivity index (χ0) is 16.9. The van der Waals surface area contributed by atoms with Gasteiger partial charge in [0.25, 0.3) is 0 Å². The van der Waals surface area contributed by atoms with Crippen LogP contribution in [0.15, 0.2) is 18.2 Å². The van der Waals surface area contributed by atoms with Crippen LogP contribution in [0.3, 0.4) is 0 Å². The molecule has 130 valence electrons. The summed E-state index contributed by atoms with van der Waals surface area (Å²) in [6, 6.07) is 4.50. The lowest BCUT2D eigenvalue weighted by molar-refractivity contribution is -0.130. The van der Waals surface area contributed by atoms with Gasteiger partial charge in [-0.2, -0.15) is 0 Å². The second-order valence-electron chi connectivity index (χ2n) is 6.16. The summed E-state index contributed by atoms with van der Waals surface area (Å²) in [6.07, 6.45) is 4.21. The third-order valence-electron chi connectivity index (χ3n) is 4.34. The highest BCUT2D eigenvalue weighted by molar-refractivity contribution is 5.88. The molecule has 0 unspecified atom stereocenters. The third-order valence-corrected chi connectivity index (χ3v) is 4.34. The van der Waals surface area contributed by atoms with Gasteiger partial charge in [-0.25, -0.2) is 0 Å². The zero-order valence-corrected chi connectivity index (χ0v) is 13.4. The Bertz CT molecular complexity index is 613. The molecule has 24 heavy (non-hydrogen) atoms. The van der Waals surface area contributed by atoms with Crippen LogP contribution < -0.4 is 20.1 Å². The van der Waals surface area contributed by atoms with E-state index in [-0.39, 0.29) is 31.1 Å². The average Bonchev–Trinajstić information content (AvgIpc) is 3.23. The maximum atomic E-state index is 12.1. The molecule has 2 aliphatic rings. The summed E-state index contributed by atoms with van der Waals surface area (Å²) in [5, 5.41) is 14.9. The Balaban J connectivity index is 1.53. The Labute approximate surface area is 140 Å². The fourth-order valence-electron chi connectivity index (χ4n) is 3.05. The number of nitrogens with one attached hydrogen (secondary N) is 2. The van der Waals surface area contributed by atoms with Crippen molar-refractivity contribution in [2.24, 2.45) is 0 Å². The summed E-state index contributed by atoms with van der Waals surface area (Å²) in [6.45, 7) is -0.246. The molecule has 1 atom stereocenters. The number of carbonyl (C=O) groups excluding carboxylic acids is 2. The molecule has 0 saturated heterocycles. The quantitative estimate of drug-likeness (QED) is 0.704. The fourth-order valence-corrected chi connectivity index (χ4v) is 3.05. The lowest BCUT2D eigenvalue weighted by Gasteiger charge is -2.19. The van der Waals surface area contributed by atoms with E-state index in [1.165, 1.54) is 0 Å². The molecule has 3 rings (SSSR count). The Kier molecular flexibility index (Phi) is 5.20. The number of amides is 2. The minimum Gasteiger partial charge on any atom is -0.454 e. The van der Waals surface area contributed by atoms with Crippen LogP contribution in [0.25, 0.3) is 0 Å². The molecule has 7 heteroatoms. The summed E-state index contributed by atoms with van der Waals surface area (Å²) < 4.78 is 10.5. The van der Waals surface area contributed by atoms with E-state index in [1.807, 2.05) is 0 Å². The molecule has 1 aliphatic carbocycles. The molecule has 0 spiro atoms. The van der Waals surface area contributed by atoms with Crippen LogP contribution in [-0.2, 0) is 16.0 Å². The standard InChI is InChI=1S/C17H22N2O5/c20-9-13(17(22)18-12-3-1-2-4-12)19-16(21)8-11-5-6-14-15(7-11)24-10-23-14/h5-7,12-13,20H,1-4,8-10H2,(H,18,22)(H,19,21)/t13-/m0/s1. The van der Waals surface area contributed by atoms with Gasteiger partial charge in [-0.05, 0) is 30.5 Å². The molecule has 1 aromatic rings. The maximum Gasteiger partial charge on any atom is 0.245 e. The predicted octanol–water partition coefficient (Wildman–Crippen LogP) is 0.494. The normalized spacial score (nSPS) is 17.5. The Morgan fingerprint density at radius 1 is 1.21 bits per heavy atom. The van der Waals surface area contributed by atoms with Crippen LogP contribution in [-0.4, -0.2) is 42.4 Å². The van der Waals surface area contributed by atoms with Gasteiger partial charge in [-0.1, -0.05) is 18.9 Å². The molecular weight excluding hydrogens is 312 g/mol. The van der Waals surface area contributed by atoms with Gasteiger partial charge in [-0.15, -0.1) is 0 Å². The van der Waals surface area contributed by atoms with Crippen LogP contribution in [0.2, 0.25) is 0 Å². The lowest BCUT2D eigenvalue weighted by Crippen LogP contribution is -2.51. The monoisotopic (exact) mass is 334 g/mol. The smallest absolute Gasteiger partial charge is 0.245 e. The van der Waals surface area contributed by atoms with Crippen molar-refractivity contribution in [3.05, 3.63) is 23.8 Å². The van der Waals surface area contributed by atoms with E-state index in [4.69, 9.17) is 9.47 Å². The largest absolute Gasteiger partial charge is 0.454 e. The third kappa shape index (κ3) is 3.97. The molecule has 1 saturated carbocycles. The van der Waals surface area contributed by atoms with Gasteiger partial charge < -0.3 is 25.2 Å². The van der Waals surface area contributed by atoms with Crippen molar-refractivity contribution in [2.45, 2.75) is 44.2 Å². The first kappa shape index (κ1) is 16.6. The molecule has 0 aromatic heterocycles. The SMILES string of the molecule is O=C(Cc1ccc2c(c1)OCO2)N[C@@H](CO)C(=O)NC1CCCC1. The van der Waals surface area contributed by atoms with Crippen molar-refractivity contribution in [1.29, 1.82) is 0 Å². The molecule has 1 fully saturated rings. The second kappa shape index (κ2) is 7.53. The van der Waals surface area contributed by atoms with E-state index in [0.29, 0.717) is 11.5 Å². The van der Waals surface area contributed by atoms with Gasteiger partial charge in [-0.3, -0.25) is 9.59 Å². The van der Waals surface area contributed by atoms with Crippen LogP contribution in [0.1, 0.15) is 31.2 Å². The average molecular weight is 334 g/mol. The topological polar surface area (TPSA) is 96.9 Å². The fraction of sp³-hybridized carbons (Fsp3) is 0.529. The number of hydrogen-bond acceptors (Lipinski definition) is 5. The summed E-state index contributed by atoms with van der Waals surface area (Å²) >= 11 is 0. The number of aliphatic hydroxyl groups is 1. The van der Waals surface area contributed by atoms with Gasteiger partial charge in [0.05, 0.1) is 13.0 Å². The van der Waals surface area contributed by atoms with Crippen LogP contribution in [0.5, 0.6) is 11.5 Å². The molecule has 1 heterocycles. The molecule has 1 aromatic carbocycles. The summed E-state index contributed by atoms with van der Waals surface area (Å²) in [7, 11) is 0. The Morgan fingerprint density at radius 3 is 2.71 bits per heavy atom. The molecule has 0 bridgehead atoms. The van der Waals surface area contributed by atoms with E-state index < -0.39 is 12.6 Å². The second-order valence-corrected chi connectivity index (χ2v) is 6.16. The van der Waals surface area contributed by atoms with E-state index >= 15 is 0 Å². The number of hydrogen-bond donors (Lipinski definition) is 3. The summed E-state index contributed by atoms with van der Waals surface area (Å²) in [4.78, 5) is 24.3. The molecular formula is C17H22N2O5. The van der Waals surface area contributed by atoms with Crippen molar-refractivity contribution in [1.82, 2.24) is 10.6 Å². The molecule has 7 nitrogen and oxygen atoms in total. The van der Waals surface area contributed by atoms with Gasteiger partial charge in [0, 0.05) is 6.04 Å². The number of benzene rings is 1. The first-order valence-corrected chi connectivity index (χ1v) is 8.25. The summed E-state index contributed by atoms with van der Waals surface area (Å²) in [5.41, 5.74) is 0.754. The number of carbonyl (C=O) groups is 2. The molecule has 0 radical (unpaired) electrons. The summed E-state index contributed by atoms with van der Waals surface area (Å²) in [5.74, 6) is 0.610. The number of fused-ring (bicyclic) bond motifs is 1.